The lowest BCUT2D eigenvalue weighted by atomic mass is 10.1. The quantitative estimate of drug-likeness (QED) is 0.132. The molecule has 0 unspecified atom stereocenters. The number of hydrogen-bond donors (Lipinski definition) is 0. The lowest BCUT2D eigenvalue weighted by Crippen LogP contribution is -2.09. The fraction of sp³-hybridized carbons (Fsp3) is 0.0909. The Morgan fingerprint density at radius 1 is 0.872 bits per heavy atom. The number of furan rings is 1. The van der Waals surface area contributed by atoms with Crippen LogP contribution in [0.4, 0.5) is 0 Å². The van der Waals surface area contributed by atoms with Crippen LogP contribution in [0, 0.1) is 13.8 Å². The van der Waals surface area contributed by atoms with Crippen molar-refractivity contribution < 1.29 is 28.2 Å². The van der Waals surface area contributed by atoms with E-state index in [-0.39, 0.29) is 17.3 Å². The van der Waals surface area contributed by atoms with E-state index < -0.39 is 5.97 Å². The van der Waals surface area contributed by atoms with Gasteiger partial charge in [-0.2, -0.15) is 0 Å². The first-order chi connectivity index (χ1) is 18.9. The highest BCUT2D eigenvalue weighted by atomic mass is 16.5. The van der Waals surface area contributed by atoms with Crippen LogP contribution < -0.4 is 14.2 Å². The molecule has 0 aliphatic carbocycles. The minimum atomic E-state index is -0.578. The van der Waals surface area contributed by atoms with E-state index >= 15 is 0 Å². The third kappa shape index (κ3) is 4.92. The molecule has 0 bridgehead atoms. The van der Waals surface area contributed by atoms with Crippen LogP contribution in [0.3, 0.4) is 0 Å². The van der Waals surface area contributed by atoms with E-state index in [4.69, 9.17) is 18.6 Å². The Balaban J connectivity index is 1.22. The van der Waals surface area contributed by atoms with E-state index in [1.54, 1.807) is 49.4 Å². The number of ketones is 1. The zero-order valence-corrected chi connectivity index (χ0v) is 21.4. The Morgan fingerprint density at radius 3 is 2.51 bits per heavy atom. The summed E-state index contributed by atoms with van der Waals surface area (Å²) < 4.78 is 23.3. The van der Waals surface area contributed by atoms with Gasteiger partial charge in [0, 0.05) is 11.5 Å². The molecule has 0 N–H and O–H groups in total. The number of rotatable bonds is 6. The van der Waals surface area contributed by atoms with Gasteiger partial charge in [0.1, 0.15) is 40.8 Å². The van der Waals surface area contributed by atoms with Crippen LogP contribution >= 0.6 is 0 Å². The molecule has 6 rings (SSSR count). The number of fused-ring (bicyclic) bond motifs is 2. The van der Waals surface area contributed by atoms with Crippen molar-refractivity contribution in [3.05, 3.63) is 130 Å². The van der Waals surface area contributed by atoms with Crippen LogP contribution in [0.1, 0.15) is 43.2 Å². The first-order valence-electron chi connectivity index (χ1n) is 12.5. The van der Waals surface area contributed by atoms with Crippen molar-refractivity contribution in [1.29, 1.82) is 0 Å². The minimum Gasteiger partial charge on any atom is -0.489 e. The number of ether oxygens (including phenoxy) is 3. The molecule has 0 radical (unpaired) electrons. The third-order valence-electron chi connectivity index (χ3n) is 6.48. The van der Waals surface area contributed by atoms with Gasteiger partial charge < -0.3 is 18.6 Å². The average molecular weight is 517 g/mol. The zero-order valence-electron chi connectivity index (χ0n) is 21.4. The van der Waals surface area contributed by atoms with Crippen molar-refractivity contribution in [2.75, 3.05) is 0 Å². The molecular formula is C33H24O6. The van der Waals surface area contributed by atoms with Crippen molar-refractivity contribution in [2.24, 2.45) is 0 Å². The van der Waals surface area contributed by atoms with Gasteiger partial charge >= 0.3 is 5.97 Å². The Bertz CT molecular complexity index is 1760. The summed E-state index contributed by atoms with van der Waals surface area (Å²) in [6.45, 7) is 4.10. The van der Waals surface area contributed by atoms with E-state index in [0.29, 0.717) is 46.0 Å². The first kappa shape index (κ1) is 24.2. The number of benzene rings is 4. The van der Waals surface area contributed by atoms with Crippen LogP contribution in [-0.4, -0.2) is 11.8 Å². The Kier molecular flexibility index (Phi) is 6.21. The Labute approximate surface area is 225 Å². The van der Waals surface area contributed by atoms with Crippen LogP contribution in [0.25, 0.3) is 17.0 Å². The predicted octanol–water partition coefficient (Wildman–Crippen LogP) is 7.46. The van der Waals surface area contributed by atoms with Crippen LogP contribution in [-0.2, 0) is 6.61 Å². The number of allylic oxidation sites excluding steroid dienone is 1. The fourth-order valence-corrected chi connectivity index (χ4v) is 4.58. The van der Waals surface area contributed by atoms with E-state index in [2.05, 4.69) is 0 Å². The fourth-order valence-electron chi connectivity index (χ4n) is 4.58. The van der Waals surface area contributed by atoms with Gasteiger partial charge in [0.05, 0.1) is 5.56 Å². The molecule has 0 amide bonds. The second-order valence-electron chi connectivity index (χ2n) is 9.37. The zero-order chi connectivity index (χ0) is 26.9. The standard InChI is InChI=1S/C33H24O6/c1-20-7-6-10-23(15-20)16-30-32(34)26-13-11-25(18-29(26)39-30)38-33(35)31-21(2)37-28-14-12-24(17-27(28)31)36-19-22-8-4-3-5-9-22/h3-18H,19H2,1-2H3. The normalized spacial score (nSPS) is 13.4. The van der Waals surface area contributed by atoms with Gasteiger partial charge in [-0.15, -0.1) is 0 Å². The smallest absolute Gasteiger partial charge is 0.347 e. The molecule has 39 heavy (non-hydrogen) atoms. The van der Waals surface area contributed by atoms with Crippen LogP contribution in [0.5, 0.6) is 17.2 Å². The highest BCUT2D eigenvalue weighted by molar-refractivity contribution is 6.14. The van der Waals surface area contributed by atoms with Gasteiger partial charge in [0.15, 0.2) is 5.76 Å². The van der Waals surface area contributed by atoms with E-state index in [9.17, 15) is 9.59 Å². The number of Topliss-reactive ketones (excluding diaryl/α,β-unsaturated/α-hetero) is 1. The molecule has 6 nitrogen and oxygen atoms in total. The summed E-state index contributed by atoms with van der Waals surface area (Å²) in [5.41, 5.74) is 4.27. The van der Waals surface area contributed by atoms with Crippen molar-refractivity contribution in [3.8, 4) is 17.2 Å². The highest BCUT2D eigenvalue weighted by Gasteiger charge is 2.28. The van der Waals surface area contributed by atoms with E-state index in [1.165, 1.54) is 0 Å². The molecule has 2 heterocycles. The SMILES string of the molecule is Cc1cccc(C=C2Oc3cc(OC(=O)c4c(C)oc5ccc(OCc6ccccc6)cc45)ccc3C2=O)c1. The topological polar surface area (TPSA) is 75.0 Å². The summed E-state index contributed by atoms with van der Waals surface area (Å²) in [5.74, 6) is 1.07. The monoisotopic (exact) mass is 516 g/mol. The number of carbonyl (C=O) groups excluding carboxylic acids is 2. The number of esters is 1. The number of carbonyl (C=O) groups is 2. The van der Waals surface area contributed by atoms with Gasteiger partial charge in [-0.3, -0.25) is 4.79 Å². The Hall–Kier alpha value is -5.10. The van der Waals surface area contributed by atoms with Gasteiger partial charge in [0.25, 0.3) is 0 Å². The van der Waals surface area contributed by atoms with Crippen LogP contribution in [0.15, 0.2) is 101 Å². The van der Waals surface area contributed by atoms with Gasteiger partial charge in [0.2, 0.25) is 5.78 Å². The first-order valence-corrected chi connectivity index (χ1v) is 12.5. The molecule has 0 atom stereocenters. The summed E-state index contributed by atoms with van der Waals surface area (Å²) in [4.78, 5) is 26.1. The molecule has 1 aliphatic rings. The van der Waals surface area contributed by atoms with Crippen molar-refractivity contribution in [3.63, 3.8) is 0 Å². The molecule has 0 saturated carbocycles. The minimum absolute atomic E-state index is 0.218. The highest BCUT2D eigenvalue weighted by Crippen LogP contribution is 2.36. The molecule has 5 aromatic rings. The second kappa shape index (κ2) is 9.99. The van der Waals surface area contributed by atoms with Crippen molar-refractivity contribution in [1.82, 2.24) is 0 Å². The largest absolute Gasteiger partial charge is 0.489 e. The summed E-state index contributed by atoms with van der Waals surface area (Å²) in [6.07, 6.45) is 1.71. The maximum absolute atomic E-state index is 13.3. The number of aryl methyl sites for hydroxylation is 2. The molecule has 0 spiro atoms. The predicted molar refractivity (Wildman–Crippen MR) is 147 cm³/mol. The van der Waals surface area contributed by atoms with E-state index in [0.717, 1.165) is 16.7 Å². The molecule has 6 heteroatoms. The Morgan fingerprint density at radius 2 is 1.69 bits per heavy atom. The summed E-state index contributed by atoms with van der Waals surface area (Å²) in [7, 11) is 0. The van der Waals surface area contributed by atoms with Gasteiger partial charge in [-0.05, 0) is 61.4 Å². The third-order valence-corrected chi connectivity index (χ3v) is 6.48. The van der Waals surface area contributed by atoms with Crippen molar-refractivity contribution in [2.45, 2.75) is 20.5 Å². The van der Waals surface area contributed by atoms with Crippen LogP contribution in [0.2, 0.25) is 0 Å². The van der Waals surface area contributed by atoms with E-state index in [1.807, 2.05) is 61.5 Å². The summed E-state index contributed by atoms with van der Waals surface area (Å²) in [5, 5.41) is 0.596. The average Bonchev–Trinajstić information content (AvgIpc) is 3.42. The summed E-state index contributed by atoms with van der Waals surface area (Å²) in [6, 6.07) is 27.7. The maximum Gasteiger partial charge on any atom is 0.347 e. The van der Waals surface area contributed by atoms with Gasteiger partial charge in [-0.25, -0.2) is 4.79 Å². The van der Waals surface area contributed by atoms with Crippen molar-refractivity contribution >= 4 is 28.8 Å². The second-order valence-corrected chi connectivity index (χ2v) is 9.37. The molecule has 0 saturated heterocycles. The molecule has 192 valence electrons. The number of hydrogen-bond acceptors (Lipinski definition) is 6. The molecule has 1 aliphatic heterocycles. The van der Waals surface area contributed by atoms with Gasteiger partial charge in [-0.1, -0.05) is 60.2 Å². The molecule has 1 aromatic heterocycles. The maximum atomic E-state index is 13.3. The molecular weight excluding hydrogens is 492 g/mol. The molecule has 0 fully saturated rings. The summed E-state index contributed by atoms with van der Waals surface area (Å²) >= 11 is 0. The lowest BCUT2D eigenvalue weighted by molar-refractivity contribution is 0.0734. The lowest BCUT2D eigenvalue weighted by Gasteiger charge is -2.07. The molecule has 4 aromatic carbocycles.